The maximum Gasteiger partial charge on any atom is 0.244 e. The molecule has 1 unspecified atom stereocenters. The van der Waals surface area contributed by atoms with Crippen molar-refractivity contribution in [3.05, 3.63) is 45.7 Å². The molecule has 1 aromatic heterocycles. The van der Waals surface area contributed by atoms with Gasteiger partial charge >= 0.3 is 0 Å². The molecule has 1 aromatic carbocycles. The summed E-state index contributed by atoms with van der Waals surface area (Å²) in [7, 11) is 1.85. The number of benzene rings is 1. The molecule has 3 N–H and O–H groups in total. The number of amides is 1. The van der Waals surface area contributed by atoms with E-state index in [0.29, 0.717) is 0 Å². The molecular formula is C14H17BrN4O. The van der Waals surface area contributed by atoms with Crippen molar-refractivity contribution in [2.45, 2.75) is 19.9 Å². The first kappa shape index (κ1) is 14.6. The van der Waals surface area contributed by atoms with Gasteiger partial charge in [0.05, 0.1) is 5.69 Å². The van der Waals surface area contributed by atoms with E-state index in [-0.39, 0.29) is 0 Å². The molecule has 0 aliphatic rings. The normalized spacial score (nSPS) is 12.2. The molecular weight excluding hydrogens is 320 g/mol. The third kappa shape index (κ3) is 2.85. The highest BCUT2D eigenvalue weighted by Gasteiger charge is 2.24. The fourth-order valence-corrected chi connectivity index (χ4v) is 2.47. The molecule has 2 aromatic rings. The topological polar surface area (TPSA) is 72.9 Å². The number of hydrogen-bond donors (Lipinski definition) is 2. The molecule has 20 heavy (non-hydrogen) atoms. The summed E-state index contributed by atoms with van der Waals surface area (Å²) in [6.45, 7) is 3.80. The minimum absolute atomic E-state index is 0.424. The molecule has 1 amide bonds. The first-order chi connectivity index (χ1) is 9.40. The monoisotopic (exact) mass is 336 g/mol. The van der Waals surface area contributed by atoms with E-state index in [0.717, 1.165) is 27.1 Å². The Bertz CT molecular complexity index is 633. The molecule has 0 aliphatic heterocycles. The van der Waals surface area contributed by atoms with Crippen molar-refractivity contribution < 1.29 is 4.79 Å². The largest absolute Gasteiger partial charge is 0.370 e. The molecule has 0 saturated heterocycles. The molecule has 0 spiro atoms. The highest BCUT2D eigenvalue weighted by atomic mass is 79.9. The van der Waals surface area contributed by atoms with Gasteiger partial charge in [-0.2, -0.15) is 5.10 Å². The van der Waals surface area contributed by atoms with E-state index in [1.54, 1.807) is 4.68 Å². The second-order valence-corrected chi connectivity index (χ2v) is 5.61. The Hall–Kier alpha value is -1.82. The van der Waals surface area contributed by atoms with Crippen LogP contribution in [0.1, 0.15) is 23.0 Å². The number of hydrogen-bond acceptors (Lipinski definition) is 3. The van der Waals surface area contributed by atoms with Crippen molar-refractivity contribution in [2.75, 3.05) is 5.32 Å². The Labute approximate surface area is 126 Å². The van der Waals surface area contributed by atoms with Gasteiger partial charge in [-0.3, -0.25) is 9.48 Å². The van der Waals surface area contributed by atoms with Crippen LogP contribution in [0.3, 0.4) is 0 Å². The average molecular weight is 337 g/mol. The van der Waals surface area contributed by atoms with Crippen molar-refractivity contribution in [3.63, 3.8) is 0 Å². The predicted molar refractivity (Wildman–Crippen MR) is 82.4 cm³/mol. The number of carbonyl (C=O) groups is 1. The summed E-state index contributed by atoms with van der Waals surface area (Å²) >= 11 is 3.38. The summed E-state index contributed by atoms with van der Waals surface area (Å²) in [4.78, 5) is 11.8. The molecule has 0 fully saturated rings. The molecule has 6 heteroatoms. The van der Waals surface area contributed by atoms with Gasteiger partial charge in [0.1, 0.15) is 6.04 Å². The number of aromatic nitrogens is 2. The van der Waals surface area contributed by atoms with Gasteiger partial charge in [-0.1, -0.05) is 15.9 Å². The van der Waals surface area contributed by atoms with Crippen LogP contribution >= 0.6 is 15.9 Å². The number of aryl methyl sites for hydroxylation is 2. The first-order valence-electron chi connectivity index (χ1n) is 6.21. The SMILES string of the molecule is Cc1nn(C)c(C)c1C(Nc1ccc(Br)cc1)C(N)=O. The fourth-order valence-electron chi connectivity index (χ4n) is 2.21. The Morgan fingerprint density at radius 2 is 1.95 bits per heavy atom. The van der Waals surface area contributed by atoms with Gasteiger partial charge < -0.3 is 11.1 Å². The lowest BCUT2D eigenvalue weighted by atomic mass is 10.0. The Morgan fingerprint density at radius 1 is 1.35 bits per heavy atom. The van der Waals surface area contributed by atoms with Gasteiger partial charge in [-0.25, -0.2) is 0 Å². The molecule has 1 atom stereocenters. The van der Waals surface area contributed by atoms with E-state index in [2.05, 4.69) is 26.3 Å². The van der Waals surface area contributed by atoms with E-state index >= 15 is 0 Å². The summed E-state index contributed by atoms with van der Waals surface area (Å²) in [6, 6.07) is 7.00. The van der Waals surface area contributed by atoms with Crippen LogP contribution in [-0.4, -0.2) is 15.7 Å². The summed E-state index contributed by atoms with van der Waals surface area (Å²) in [5.74, 6) is -0.424. The van der Waals surface area contributed by atoms with Crippen LogP contribution in [0.5, 0.6) is 0 Å². The smallest absolute Gasteiger partial charge is 0.244 e. The minimum Gasteiger partial charge on any atom is -0.370 e. The number of anilines is 1. The van der Waals surface area contributed by atoms with Crippen molar-refractivity contribution in [2.24, 2.45) is 12.8 Å². The van der Waals surface area contributed by atoms with Crippen LogP contribution < -0.4 is 11.1 Å². The third-order valence-electron chi connectivity index (χ3n) is 3.29. The number of primary amides is 1. The lowest BCUT2D eigenvalue weighted by Gasteiger charge is -2.17. The fraction of sp³-hybridized carbons (Fsp3) is 0.286. The summed E-state index contributed by atoms with van der Waals surface area (Å²) in [5.41, 5.74) is 8.95. The Kier molecular flexibility index (Phi) is 4.13. The maximum absolute atomic E-state index is 11.8. The second-order valence-electron chi connectivity index (χ2n) is 4.69. The van der Waals surface area contributed by atoms with Crippen LogP contribution in [0.25, 0.3) is 0 Å². The first-order valence-corrected chi connectivity index (χ1v) is 7.01. The van der Waals surface area contributed by atoms with Crippen LogP contribution in [0, 0.1) is 13.8 Å². The summed E-state index contributed by atoms with van der Waals surface area (Å²) in [6.07, 6.45) is 0. The standard InChI is InChI=1S/C14H17BrN4O/c1-8-12(9(2)19(3)18-8)13(14(16)20)17-11-6-4-10(15)5-7-11/h4-7,13,17H,1-3H3,(H2,16,20). The number of nitrogens with one attached hydrogen (secondary N) is 1. The van der Waals surface area contributed by atoms with E-state index in [1.165, 1.54) is 0 Å². The number of nitrogens with zero attached hydrogens (tertiary/aromatic N) is 2. The lowest BCUT2D eigenvalue weighted by Crippen LogP contribution is -2.28. The number of carbonyl (C=O) groups excluding carboxylic acids is 1. The highest BCUT2D eigenvalue weighted by molar-refractivity contribution is 9.10. The predicted octanol–water partition coefficient (Wildman–Crippen LogP) is 2.44. The van der Waals surface area contributed by atoms with Crippen LogP contribution in [-0.2, 0) is 11.8 Å². The molecule has 0 saturated carbocycles. The number of rotatable bonds is 4. The average Bonchev–Trinajstić information content (AvgIpc) is 2.63. The van der Waals surface area contributed by atoms with Crippen LogP contribution in [0.15, 0.2) is 28.7 Å². The second kappa shape index (κ2) is 5.66. The third-order valence-corrected chi connectivity index (χ3v) is 3.82. The molecule has 2 rings (SSSR count). The van der Waals surface area contributed by atoms with Crippen molar-refractivity contribution >= 4 is 27.5 Å². The molecule has 5 nitrogen and oxygen atoms in total. The molecule has 106 valence electrons. The molecule has 0 radical (unpaired) electrons. The number of nitrogens with two attached hydrogens (primary N) is 1. The van der Waals surface area contributed by atoms with E-state index in [4.69, 9.17) is 5.73 Å². The van der Waals surface area contributed by atoms with Crippen LogP contribution in [0.4, 0.5) is 5.69 Å². The van der Waals surface area contributed by atoms with Gasteiger partial charge in [-0.05, 0) is 38.1 Å². The Morgan fingerprint density at radius 3 is 2.40 bits per heavy atom. The lowest BCUT2D eigenvalue weighted by molar-refractivity contribution is -0.118. The van der Waals surface area contributed by atoms with Crippen molar-refractivity contribution in [3.8, 4) is 0 Å². The molecule has 0 aliphatic carbocycles. The van der Waals surface area contributed by atoms with Gasteiger partial charge in [0.25, 0.3) is 0 Å². The highest BCUT2D eigenvalue weighted by Crippen LogP contribution is 2.25. The van der Waals surface area contributed by atoms with Crippen LogP contribution in [0.2, 0.25) is 0 Å². The van der Waals surface area contributed by atoms with Gasteiger partial charge in [0, 0.05) is 28.5 Å². The number of halogens is 1. The Balaban J connectivity index is 2.37. The molecule has 0 bridgehead atoms. The van der Waals surface area contributed by atoms with E-state index in [1.807, 2.05) is 45.2 Å². The van der Waals surface area contributed by atoms with E-state index < -0.39 is 11.9 Å². The van der Waals surface area contributed by atoms with Gasteiger partial charge in [0.2, 0.25) is 5.91 Å². The minimum atomic E-state index is -0.593. The molecule has 1 heterocycles. The van der Waals surface area contributed by atoms with Gasteiger partial charge in [0.15, 0.2) is 0 Å². The maximum atomic E-state index is 11.8. The van der Waals surface area contributed by atoms with Crippen molar-refractivity contribution in [1.29, 1.82) is 0 Å². The zero-order chi connectivity index (χ0) is 14.9. The summed E-state index contributed by atoms with van der Waals surface area (Å²) < 4.78 is 2.73. The quantitative estimate of drug-likeness (QED) is 0.900. The van der Waals surface area contributed by atoms with Gasteiger partial charge in [-0.15, -0.1) is 0 Å². The zero-order valence-corrected chi connectivity index (χ0v) is 13.2. The summed E-state index contributed by atoms with van der Waals surface area (Å²) in [5, 5.41) is 7.50. The van der Waals surface area contributed by atoms with Crippen molar-refractivity contribution in [1.82, 2.24) is 9.78 Å². The zero-order valence-electron chi connectivity index (χ0n) is 11.6. The van der Waals surface area contributed by atoms with E-state index in [9.17, 15) is 4.79 Å².